The molecule has 2 heterocycles. The zero-order valence-corrected chi connectivity index (χ0v) is 10.7. The molecule has 0 saturated carbocycles. The van der Waals surface area contributed by atoms with Crippen LogP contribution in [0, 0.1) is 15.9 Å². The van der Waals surface area contributed by atoms with Gasteiger partial charge in [-0.1, -0.05) is 12.1 Å². The highest BCUT2D eigenvalue weighted by Crippen LogP contribution is 2.14. The predicted molar refractivity (Wildman–Crippen MR) is 73.4 cm³/mol. The smallest absolute Gasteiger partial charge is 0.269 e. The fraction of sp³-hybridized carbons (Fsp3) is 0.0769. The standard InChI is InChI=1S/C13H10FN5O2/c14-10-4-5-12-16-13(17-18(12)8-10)15-7-9-2-1-3-11(6-9)19(20)21/h1-6,8H,7H2,(H,15,17). The van der Waals surface area contributed by atoms with Crippen molar-refractivity contribution < 1.29 is 9.31 Å². The molecular weight excluding hydrogens is 277 g/mol. The van der Waals surface area contributed by atoms with Gasteiger partial charge >= 0.3 is 0 Å². The van der Waals surface area contributed by atoms with Gasteiger partial charge in [0.1, 0.15) is 5.82 Å². The monoisotopic (exact) mass is 287 g/mol. The Morgan fingerprint density at radius 1 is 1.33 bits per heavy atom. The molecule has 0 bridgehead atoms. The van der Waals surface area contributed by atoms with Gasteiger partial charge in [-0.15, -0.1) is 5.10 Å². The molecular formula is C13H10FN5O2. The Morgan fingerprint density at radius 3 is 3.00 bits per heavy atom. The molecule has 0 atom stereocenters. The molecule has 0 unspecified atom stereocenters. The van der Waals surface area contributed by atoms with Crippen molar-refractivity contribution in [3.63, 3.8) is 0 Å². The first-order valence-corrected chi connectivity index (χ1v) is 6.11. The second-order valence-electron chi connectivity index (χ2n) is 4.37. The molecule has 3 aromatic rings. The zero-order valence-electron chi connectivity index (χ0n) is 10.7. The molecule has 0 aliphatic heterocycles. The summed E-state index contributed by atoms with van der Waals surface area (Å²) in [4.78, 5) is 14.4. The van der Waals surface area contributed by atoms with E-state index in [1.165, 1.54) is 35.0 Å². The Kier molecular flexibility index (Phi) is 3.19. The topological polar surface area (TPSA) is 85.4 Å². The van der Waals surface area contributed by atoms with Crippen molar-refractivity contribution in [2.24, 2.45) is 0 Å². The van der Waals surface area contributed by atoms with Crippen LogP contribution in [-0.2, 0) is 6.54 Å². The van der Waals surface area contributed by atoms with E-state index >= 15 is 0 Å². The van der Waals surface area contributed by atoms with Crippen molar-refractivity contribution in [1.29, 1.82) is 0 Å². The van der Waals surface area contributed by atoms with Crippen LogP contribution in [-0.4, -0.2) is 19.5 Å². The van der Waals surface area contributed by atoms with Crippen molar-refractivity contribution in [3.8, 4) is 0 Å². The summed E-state index contributed by atoms with van der Waals surface area (Å²) < 4.78 is 14.4. The average Bonchev–Trinajstić information content (AvgIpc) is 2.87. The second-order valence-corrected chi connectivity index (χ2v) is 4.37. The lowest BCUT2D eigenvalue weighted by atomic mass is 10.2. The Morgan fingerprint density at radius 2 is 2.19 bits per heavy atom. The number of aromatic nitrogens is 3. The number of nitrogens with one attached hydrogen (secondary N) is 1. The highest BCUT2D eigenvalue weighted by molar-refractivity contribution is 5.44. The summed E-state index contributed by atoms with van der Waals surface area (Å²) in [6.07, 6.45) is 1.22. The Labute approximate surface area is 118 Å². The van der Waals surface area contributed by atoms with Gasteiger partial charge in [0.15, 0.2) is 5.65 Å². The van der Waals surface area contributed by atoms with E-state index in [-0.39, 0.29) is 5.69 Å². The maximum atomic E-state index is 13.0. The molecule has 0 saturated heterocycles. The van der Waals surface area contributed by atoms with Crippen molar-refractivity contribution >= 4 is 17.3 Å². The van der Waals surface area contributed by atoms with Gasteiger partial charge < -0.3 is 5.32 Å². The first kappa shape index (κ1) is 13.0. The zero-order chi connectivity index (χ0) is 14.8. The second kappa shape index (κ2) is 5.16. The van der Waals surface area contributed by atoms with Crippen molar-refractivity contribution in [1.82, 2.24) is 14.6 Å². The van der Waals surface area contributed by atoms with Gasteiger partial charge in [-0.3, -0.25) is 10.1 Å². The van der Waals surface area contributed by atoms with Crippen LogP contribution in [0.5, 0.6) is 0 Å². The number of non-ortho nitro benzene ring substituents is 1. The highest BCUT2D eigenvalue weighted by atomic mass is 19.1. The summed E-state index contributed by atoms with van der Waals surface area (Å²) in [7, 11) is 0. The van der Waals surface area contributed by atoms with Gasteiger partial charge in [-0.25, -0.2) is 8.91 Å². The molecule has 0 amide bonds. The average molecular weight is 287 g/mol. The molecule has 7 nitrogen and oxygen atoms in total. The van der Waals surface area contributed by atoms with Crippen LogP contribution < -0.4 is 5.32 Å². The fourth-order valence-electron chi connectivity index (χ4n) is 1.89. The molecule has 0 fully saturated rings. The normalized spacial score (nSPS) is 10.7. The predicted octanol–water partition coefficient (Wildman–Crippen LogP) is 2.39. The molecule has 106 valence electrons. The number of nitro groups is 1. The van der Waals surface area contributed by atoms with E-state index in [1.54, 1.807) is 12.1 Å². The number of halogens is 1. The van der Waals surface area contributed by atoms with E-state index in [4.69, 9.17) is 0 Å². The molecule has 0 spiro atoms. The van der Waals surface area contributed by atoms with Crippen LogP contribution in [0.3, 0.4) is 0 Å². The Hall–Kier alpha value is -3.03. The van der Waals surface area contributed by atoms with Crippen LogP contribution in [0.2, 0.25) is 0 Å². The van der Waals surface area contributed by atoms with E-state index in [0.29, 0.717) is 18.1 Å². The van der Waals surface area contributed by atoms with Crippen molar-refractivity contribution in [2.75, 3.05) is 5.32 Å². The van der Waals surface area contributed by atoms with E-state index < -0.39 is 10.7 Å². The fourth-order valence-corrected chi connectivity index (χ4v) is 1.89. The SMILES string of the molecule is O=[N+]([O-])c1cccc(CNc2nc3ccc(F)cn3n2)c1. The molecule has 2 aromatic heterocycles. The molecule has 8 heteroatoms. The lowest BCUT2D eigenvalue weighted by molar-refractivity contribution is -0.384. The summed E-state index contributed by atoms with van der Waals surface area (Å²) in [5.41, 5.74) is 1.27. The molecule has 1 N–H and O–H groups in total. The van der Waals surface area contributed by atoms with Crippen molar-refractivity contribution in [3.05, 3.63) is 64.1 Å². The number of hydrogen-bond donors (Lipinski definition) is 1. The Balaban J connectivity index is 1.77. The molecule has 1 aromatic carbocycles. The molecule has 0 aliphatic rings. The summed E-state index contributed by atoms with van der Waals surface area (Å²) in [6, 6.07) is 9.09. The lowest BCUT2D eigenvalue weighted by Crippen LogP contribution is -2.01. The minimum atomic E-state index is -0.449. The Bertz CT molecular complexity index is 817. The number of fused-ring (bicyclic) bond motifs is 1. The minimum Gasteiger partial charge on any atom is -0.349 e. The van der Waals surface area contributed by atoms with Gasteiger partial charge in [0, 0.05) is 18.7 Å². The van der Waals surface area contributed by atoms with Crippen LogP contribution in [0.15, 0.2) is 42.6 Å². The van der Waals surface area contributed by atoms with Gasteiger partial charge in [-0.05, 0) is 17.7 Å². The first-order chi connectivity index (χ1) is 10.1. The van der Waals surface area contributed by atoms with Gasteiger partial charge in [0.2, 0.25) is 5.95 Å². The molecule has 0 radical (unpaired) electrons. The summed E-state index contributed by atoms with van der Waals surface area (Å²) in [5.74, 6) is -0.0789. The van der Waals surface area contributed by atoms with Crippen LogP contribution in [0.4, 0.5) is 16.0 Å². The number of pyridine rings is 1. The molecule has 3 rings (SSSR count). The summed E-state index contributed by atoms with van der Waals surface area (Å²) >= 11 is 0. The van der Waals surface area contributed by atoms with E-state index in [0.717, 1.165) is 5.56 Å². The maximum absolute atomic E-state index is 13.0. The van der Waals surface area contributed by atoms with Crippen LogP contribution in [0.25, 0.3) is 5.65 Å². The van der Waals surface area contributed by atoms with Crippen molar-refractivity contribution in [2.45, 2.75) is 6.54 Å². The third kappa shape index (κ3) is 2.78. The molecule has 21 heavy (non-hydrogen) atoms. The van der Waals surface area contributed by atoms with E-state index in [2.05, 4.69) is 15.4 Å². The highest BCUT2D eigenvalue weighted by Gasteiger charge is 2.07. The van der Waals surface area contributed by atoms with Gasteiger partial charge in [0.05, 0.1) is 11.1 Å². The first-order valence-electron chi connectivity index (χ1n) is 6.11. The van der Waals surface area contributed by atoms with Gasteiger partial charge in [-0.2, -0.15) is 4.98 Å². The number of anilines is 1. The van der Waals surface area contributed by atoms with Crippen LogP contribution >= 0.6 is 0 Å². The van der Waals surface area contributed by atoms with Crippen LogP contribution in [0.1, 0.15) is 5.56 Å². The summed E-state index contributed by atoms with van der Waals surface area (Å²) in [5, 5.41) is 17.7. The lowest BCUT2D eigenvalue weighted by Gasteiger charge is -2.01. The minimum absolute atomic E-state index is 0.0272. The maximum Gasteiger partial charge on any atom is 0.269 e. The number of nitro benzene ring substituents is 1. The van der Waals surface area contributed by atoms with E-state index in [1.807, 2.05) is 0 Å². The quantitative estimate of drug-likeness (QED) is 0.588. The van der Waals surface area contributed by atoms with Gasteiger partial charge in [0.25, 0.3) is 5.69 Å². The molecule has 0 aliphatic carbocycles. The number of rotatable bonds is 4. The largest absolute Gasteiger partial charge is 0.349 e. The number of nitrogens with zero attached hydrogens (tertiary/aromatic N) is 4. The number of benzene rings is 1. The third-order valence-corrected chi connectivity index (χ3v) is 2.87. The third-order valence-electron chi connectivity index (χ3n) is 2.87. The van der Waals surface area contributed by atoms with E-state index in [9.17, 15) is 14.5 Å². The summed E-state index contributed by atoms with van der Waals surface area (Å²) in [6.45, 7) is 0.334. The number of hydrogen-bond acceptors (Lipinski definition) is 5.